The molecular formula is C18H24N4O4. The second kappa shape index (κ2) is 7.03. The Kier molecular flexibility index (Phi) is 4.95. The van der Waals surface area contributed by atoms with E-state index in [2.05, 4.69) is 10.1 Å². The zero-order valence-corrected chi connectivity index (χ0v) is 15.0. The van der Waals surface area contributed by atoms with E-state index in [1.807, 2.05) is 13.8 Å². The van der Waals surface area contributed by atoms with Crippen molar-refractivity contribution in [3.63, 3.8) is 0 Å². The van der Waals surface area contributed by atoms with Gasteiger partial charge in [0.1, 0.15) is 5.41 Å². The Bertz CT molecular complexity index is 818. The molecule has 0 spiro atoms. The fraction of sp³-hybridized carbons (Fsp3) is 0.556. The molecule has 2 aromatic heterocycles. The average molecular weight is 360 g/mol. The molecule has 2 N–H and O–H groups in total. The molecule has 1 amide bonds. The number of amides is 1. The van der Waals surface area contributed by atoms with Gasteiger partial charge in [-0.3, -0.25) is 9.59 Å². The molecule has 26 heavy (non-hydrogen) atoms. The highest BCUT2D eigenvalue weighted by molar-refractivity contribution is 5.93. The maximum atomic E-state index is 13.0. The number of hydrogen-bond donors (Lipinski definition) is 2. The summed E-state index contributed by atoms with van der Waals surface area (Å²) in [6.45, 7) is 4.31. The summed E-state index contributed by atoms with van der Waals surface area (Å²) in [6.07, 6.45) is 3.28. The van der Waals surface area contributed by atoms with E-state index in [4.69, 9.17) is 0 Å². The van der Waals surface area contributed by atoms with Gasteiger partial charge >= 0.3 is 5.97 Å². The summed E-state index contributed by atoms with van der Waals surface area (Å²) in [5.74, 6) is -1.06. The van der Waals surface area contributed by atoms with Gasteiger partial charge < -0.3 is 15.1 Å². The number of imidazole rings is 1. The van der Waals surface area contributed by atoms with Crippen LogP contribution in [0.5, 0.6) is 0 Å². The molecule has 1 aliphatic rings. The topological polar surface area (TPSA) is 108 Å². The summed E-state index contributed by atoms with van der Waals surface area (Å²) < 4.78 is 1.45. The maximum Gasteiger partial charge on any atom is 0.314 e. The summed E-state index contributed by atoms with van der Waals surface area (Å²) >= 11 is 0. The Hall–Kier alpha value is -2.48. The van der Waals surface area contributed by atoms with E-state index in [1.165, 1.54) is 15.6 Å². The summed E-state index contributed by atoms with van der Waals surface area (Å²) in [4.78, 5) is 30.7. The van der Waals surface area contributed by atoms with Crippen LogP contribution in [0, 0.1) is 11.3 Å². The lowest BCUT2D eigenvalue weighted by Gasteiger charge is -2.43. The van der Waals surface area contributed by atoms with Gasteiger partial charge in [0.15, 0.2) is 11.3 Å². The first kappa shape index (κ1) is 18.3. The highest BCUT2D eigenvalue weighted by Crippen LogP contribution is 2.37. The van der Waals surface area contributed by atoms with Crippen LogP contribution < -0.4 is 0 Å². The van der Waals surface area contributed by atoms with E-state index >= 15 is 0 Å². The number of likely N-dealkylation sites (tertiary alicyclic amines) is 1. The number of aliphatic hydroxyl groups excluding tert-OH is 1. The Labute approximate surface area is 151 Å². The predicted molar refractivity (Wildman–Crippen MR) is 93.7 cm³/mol. The molecule has 0 bridgehead atoms. The first-order valence-electron chi connectivity index (χ1n) is 8.84. The van der Waals surface area contributed by atoms with Crippen molar-refractivity contribution in [2.75, 3.05) is 13.1 Å². The zero-order chi connectivity index (χ0) is 18.9. The zero-order valence-electron chi connectivity index (χ0n) is 15.0. The Morgan fingerprint density at radius 2 is 2.19 bits per heavy atom. The van der Waals surface area contributed by atoms with E-state index in [-0.39, 0.29) is 18.9 Å². The third kappa shape index (κ3) is 3.16. The number of aliphatic hydroxyl groups is 1. The van der Waals surface area contributed by atoms with Crippen LogP contribution in [0.2, 0.25) is 0 Å². The quantitative estimate of drug-likeness (QED) is 0.835. The molecule has 3 heterocycles. The molecule has 1 saturated heterocycles. The van der Waals surface area contributed by atoms with Gasteiger partial charge in [-0.1, -0.05) is 13.8 Å². The van der Waals surface area contributed by atoms with Gasteiger partial charge in [-0.15, -0.1) is 0 Å². The smallest absolute Gasteiger partial charge is 0.314 e. The van der Waals surface area contributed by atoms with Crippen LogP contribution in [0.15, 0.2) is 24.5 Å². The van der Waals surface area contributed by atoms with Gasteiger partial charge in [0.05, 0.1) is 12.3 Å². The van der Waals surface area contributed by atoms with Gasteiger partial charge in [-0.2, -0.15) is 5.10 Å². The van der Waals surface area contributed by atoms with Crippen LogP contribution in [0.1, 0.15) is 43.6 Å². The lowest BCUT2D eigenvalue weighted by Crippen LogP contribution is -2.57. The lowest BCUT2D eigenvalue weighted by atomic mass is 9.72. The molecule has 140 valence electrons. The molecule has 2 aromatic rings. The highest BCUT2D eigenvalue weighted by Gasteiger charge is 2.50. The summed E-state index contributed by atoms with van der Waals surface area (Å²) in [5.41, 5.74) is -0.496. The normalized spacial score (nSPS) is 23.5. The van der Waals surface area contributed by atoms with Crippen molar-refractivity contribution in [1.29, 1.82) is 0 Å². The van der Waals surface area contributed by atoms with Crippen LogP contribution in [0.3, 0.4) is 0 Å². The Morgan fingerprint density at radius 1 is 1.42 bits per heavy atom. The summed E-state index contributed by atoms with van der Waals surface area (Å²) in [5, 5.41) is 24.4. The van der Waals surface area contributed by atoms with E-state index in [0.29, 0.717) is 36.6 Å². The molecule has 2 atom stereocenters. The van der Waals surface area contributed by atoms with E-state index in [0.717, 1.165) is 0 Å². The van der Waals surface area contributed by atoms with Crippen molar-refractivity contribution in [2.24, 2.45) is 11.3 Å². The van der Waals surface area contributed by atoms with Crippen LogP contribution in [0.4, 0.5) is 0 Å². The van der Waals surface area contributed by atoms with Gasteiger partial charge in [0.2, 0.25) is 0 Å². The van der Waals surface area contributed by atoms with Crippen molar-refractivity contribution in [1.82, 2.24) is 19.5 Å². The van der Waals surface area contributed by atoms with Crippen LogP contribution >= 0.6 is 0 Å². The number of carbonyl (C=O) groups is 2. The van der Waals surface area contributed by atoms with Gasteiger partial charge in [-0.05, 0) is 37.3 Å². The van der Waals surface area contributed by atoms with Gasteiger partial charge in [-0.25, -0.2) is 9.50 Å². The first-order valence-corrected chi connectivity index (χ1v) is 8.84. The fourth-order valence-corrected chi connectivity index (χ4v) is 3.50. The monoisotopic (exact) mass is 360 g/mol. The van der Waals surface area contributed by atoms with Crippen molar-refractivity contribution in [3.8, 4) is 0 Å². The Balaban J connectivity index is 1.88. The van der Waals surface area contributed by atoms with E-state index in [9.17, 15) is 19.8 Å². The number of carboxylic acid groups (broad SMARTS) is 1. The molecule has 8 nitrogen and oxygen atoms in total. The number of rotatable bonds is 5. The largest absolute Gasteiger partial charge is 0.481 e. The van der Waals surface area contributed by atoms with Gasteiger partial charge in [0, 0.05) is 19.3 Å². The number of hydrogen-bond acceptors (Lipinski definition) is 5. The number of nitrogens with zero attached hydrogens (tertiary/aromatic N) is 4. The number of piperidine rings is 1. The number of aromatic nitrogens is 3. The number of carbonyl (C=O) groups excluding carboxylic acids is 1. The average Bonchev–Trinajstić information content (AvgIpc) is 3.04. The van der Waals surface area contributed by atoms with Crippen LogP contribution in [0.25, 0.3) is 5.65 Å². The molecule has 0 saturated carbocycles. The SMILES string of the molecule is CC(C)CC[C@@]1(C(=O)O)CN(C(=O)c2cnc3cccnn23)CC[C@@H]1O. The van der Waals surface area contributed by atoms with Gasteiger partial charge in [0.25, 0.3) is 5.91 Å². The molecule has 0 unspecified atom stereocenters. The van der Waals surface area contributed by atoms with Crippen LogP contribution in [-0.2, 0) is 4.79 Å². The standard InChI is InChI=1S/C18H24N4O4/c1-12(2)5-7-18(17(25)26)11-21(9-6-14(18)23)16(24)13-10-19-15-4-3-8-20-22(13)15/h3-4,8,10,12,14,23H,5-7,9,11H2,1-2H3,(H,25,26)/t14-,18+/m0/s1. The minimum absolute atomic E-state index is 0.0187. The number of carboxylic acids is 1. The molecule has 0 aliphatic carbocycles. The Morgan fingerprint density at radius 3 is 2.88 bits per heavy atom. The molecule has 1 aliphatic heterocycles. The molecular weight excluding hydrogens is 336 g/mol. The molecule has 8 heteroatoms. The summed E-state index contributed by atoms with van der Waals surface area (Å²) in [6, 6.07) is 3.48. The van der Waals surface area contributed by atoms with E-state index in [1.54, 1.807) is 18.3 Å². The highest BCUT2D eigenvalue weighted by atomic mass is 16.4. The first-order chi connectivity index (χ1) is 12.3. The molecule has 3 rings (SSSR count). The van der Waals surface area contributed by atoms with Crippen molar-refractivity contribution >= 4 is 17.5 Å². The lowest BCUT2D eigenvalue weighted by molar-refractivity contribution is -0.163. The van der Waals surface area contributed by atoms with Crippen molar-refractivity contribution < 1.29 is 19.8 Å². The van der Waals surface area contributed by atoms with E-state index < -0.39 is 17.5 Å². The molecule has 0 radical (unpaired) electrons. The molecule has 1 fully saturated rings. The number of aliphatic carboxylic acids is 1. The third-order valence-electron chi connectivity index (χ3n) is 5.16. The van der Waals surface area contributed by atoms with Crippen molar-refractivity contribution in [2.45, 2.75) is 39.2 Å². The number of fused-ring (bicyclic) bond motifs is 1. The second-order valence-corrected chi connectivity index (χ2v) is 7.36. The second-order valence-electron chi connectivity index (χ2n) is 7.36. The minimum Gasteiger partial charge on any atom is -0.481 e. The minimum atomic E-state index is -1.34. The summed E-state index contributed by atoms with van der Waals surface area (Å²) in [7, 11) is 0. The molecule has 0 aromatic carbocycles. The maximum absolute atomic E-state index is 13.0. The third-order valence-corrected chi connectivity index (χ3v) is 5.16. The van der Waals surface area contributed by atoms with Crippen LogP contribution in [-0.4, -0.2) is 60.8 Å². The van der Waals surface area contributed by atoms with Crippen molar-refractivity contribution in [3.05, 3.63) is 30.2 Å². The fourth-order valence-electron chi connectivity index (χ4n) is 3.50. The predicted octanol–water partition coefficient (Wildman–Crippen LogP) is 1.44.